The molecule has 0 saturated heterocycles. The lowest BCUT2D eigenvalue weighted by Gasteiger charge is -2.12. The van der Waals surface area contributed by atoms with Gasteiger partial charge in [0.1, 0.15) is 0 Å². The minimum atomic E-state index is -0.907. The molecule has 0 bridgehead atoms. The molecular weight excluding hydrogens is 156 g/mol. The van der Waals surface area contributed by atoms with E-state index in [9.17, 15) is 4.79 Å². The molecule has 0 aromatic heterocycles. The summed E-state index contributed by atoms with van der Waals surface area (Å²) in [5.41, 5.74) is 0. The number of aliphatic carboxylic acids is 1. The van der Waals surface area contributed by atoms with Crippen molar-refractivity contribution in [2.75, 3.05) is 27.2 Å². The number of carbonyl (C=O) groups is 1. The lowest BCUT2D eigenvalue weighted by atomic mass is 10.4. The van der Waals surface area contributed by atoms with E-state index in [1.807, 2.05) is 19.0 Å². The van der Waals surface area contributed by atoms with E-state index in [0.29, 0.717) is 0 Å². The summed E-state index contributed by atoms with van der Waals surface area (Å²) in [6.07, 6.45) is 3.72. The highest BCUT2D eigenvalue weighted by Gasteiger charge is 1.91. The van der Waals surface area contributed by atoms with Crippen LogP contribution in [0.3, 0.4) is 0 Å². The van der Waals surface area contributed by atoms with Gasteiger partial charge in [-0.05, 0) is 20.0 Å². The van der Waals surface area contributed by atoms with E-state index < -0.39 is 5.97 Å². The number of rotatable bonds is 6. The van der Waals surface area contributed by atoms with Gasteiger partial charge in [0.05, 0.1) is 0 Å². The maximum atomic E-state index is 10.1. The fraction of sp³-hybridized carbons (Fsp3) is 0.625. The van der Waals surface area contributed by atoms with E-state index >= 15 is 0 Å². The second kappa shape index (κ2) is 6.67. The van der Waals surface area contributed by atoms with Crippen LogP contribution < -0.4 is 5.32 Å². The number of carboxylic acid groups (broad SMARTS) is 1. The monoisotopic (exact) mass is 172 g/mol. The third-order valence-corrected chi connectivity index (χ3v) is 1.41. The molecule has 0 aliphatic rings. The molecule has 0 radical (unpaired) electrons. The molecule has 70 valence electrons. The van der Waals surface area contributed by atoms with Crippen molar-refractivity contribution >= 4 is 5.97 Å². The number of hydrogen-bond donors (Lipinski definition) is 2. The lowest BCUT2D eigenvalue weighted by Crippen LogP contribution is -2.18. The Kier molecular flexibility index (Phi) is 6.09. The predicted octanol–water partition coefficient (Wildman–Crippen LogP) is 0.126. The van der Waals surface area contributed by atoms with Crippen molar-refractivity contribution in [3.63, 3.8) is 0 Å². The van der Waals surface area contributed by atoms with Crippen LogP contribution in [-0.4, -0.2) is 43.2 Å². The molecule has 0 aromatic carbocycles. The Morgan fingerprint density at radius 3 is 2.83 bits per heavy atom. The quantitative estimate of drug-likeness (QED) is 0.441. The number of nitrogens with one attached hydrogen (secondary N) is 1. The highest BCUT2D eigenvalue weighted by molar-refractivity contribution is 5.79. The Morgan fingerprint density at radius 2 is 2.33 bits per heavy atom. The van der Waals surface area contributed by atoms with E-state index in [2.05, 4.69) is 5.32 Å². The maximum Gasteiger partial charge on any atom is 0.329 e. The first-order valence-corrected chi connectivity index (χ1v) is 3.92. The third-order valence-electron chi connectivity index (χ3n) is 1.41. The molecular formula is C8H16N2O2. The van der Waals surface area contributed by atoms with Gasteiger partial charge in [-0.2, -0.15) is 0 Å². The predicted molar refractivity (Wildman–Crippen MR) is 47.9 cm³/mol. The molecule has 0 heterocycles. The van der Waals surface area contributed by atoms with Crippen molar-refractivity contribution in [2.24, 2.45) is 0 Å². The summed E-state index contributed by atoms with van der Waals surface area (Å²) >= 11 is 0. The summed E-state index contributed by atoms with van der Waals surface area (Å²) in [5.74, 6) is -0.907. The fourth-order valence-corrected chi connectivity index (χ4v) is 0.771. The van der Waals surface area contributed by atoms with Gasteiger partial charge < -0.3 is 15.3 Å². The van der Waals surface area contributed by atoms with Crippen molar-refractivity contribution in [3.05, 3.63) is 12.3 Å². The van der Waals surface area contributed by atoms with Gasteiger partial charge in [0, 0.05) is 25.9 Å². The van der Waals surface area contributed by atoms with Crippen LogP contribution in [0.1, 0.15) is 6.42 Å². The zero-order valence-corrected chi connectivity index (χ0v) is 7.58. The SMILES string of the molecule is CNCCCN(C)C=CC(=O)O. The minimum Gasteiger partial charge on any atom is -0.478 e. The largest absolute Gasteiger partial charge is 0.478 e. The Balaban J connectivity index is 3.45. The smallest absolute Gasteiger partial charge is 0.329 e. The van der Waals surface area contributed by atoms with Gasteiger partial charge in [-0.15, -0.1) is 0 Å². The van der Waals surface area contributed by atoms with Crippen molar-refractivity contribution < 1.29 is 9.90 Å². The standard InChI is InChI=1S/C8H16N2O2/c1-9-5-3-6-10(2)7-4-8(11)12/h4,7,9H,3,5-6H2,1-2H3,(H,11,12). The molecule has 0 unspecified atom stereocenters. The lowest BCUT2D eigenvalue weighted by molar-refractivity contribution is -0.131. The van der Waals surface area contributed by atoms with Gasteiger partial charge in [0.15, 0.2) is 0 Å². The first kappa shape index (κ1) is 11.0. The van der Waals surface area contributed by atoms with Crippen LogP contribution in [0.5, 0.6) is 0 Å². The van der Waals surface area contributed by atoms with Gasteiger partial charge in [-0.3, -0.25) is 0 Å². The second-order valence-electron chi connectivity index (χ2n) is 2.59. The highest BCUT2D eigenvalue weighted by Crippen LogP contribution is 1.87. The molecule has 12 heavy (non-hydrogen) atoms. The van der Waals surface area contributed by atoms with Crippen LogP contribution in [0.15, 0.2) is 12.3 Å². The maximum absolute atomic E-state index is 10.1. The van der Waals surface area contributed by atoms with E-state index in [-0.39, 0.29) is 0 Å². The van der Waals surface area contributed by atoms with Gasteiger partial charge >= 0.3 is 5.97 Å². The summed E-state index contributed by atoms with van der Waals surface area (Å²) < 4.78 is 0. The van der Waals surface area contributed by atoms with E-state index in [1.54, 1.807) is 6.20 Å². The second-order valence-corrected chi connectivity index (χ2v) is 2.59. The Morgan fingerprint density at radius 1 is 1.67 bits per heavy atom. The number of nitrogens with zero attached hydrogens (tertiary/aromatic N) is 1. The van der Waals surface area contributed by atoms with Crippen molar-refractivity contribution in [2.45, 2.75) is 6.42 Å². The van der Waals surface area contributed by atoms with Crippen LogP contribution in [-0.2, 0) is 4.79 Å². The van der Waals surface area contributed by atoms with Gasteiger partial charge in [-0.25, -0.2) is 4.79 Å². The first-order chi connectivity index (χ1) is 5.66. The number of carboxylic acids is 1. The number of hydrogen-bond acceptors (Lipinski definition) is 3. The van der Waals surface area contributed by atoms with Gasteiger partial charge in [0.2, 0.25) is 0 Å². The van der Waals surface area contributed by atoms with Crippen LogP contribution in [0.2, 0.25) is 0 Å². The van der Waals surface area contributed by atoms with Crippen LogP contribution in [0.4, 0.5) is 0 Å². The molecule has 0 fully saturated rings. The molecule has 0 aliphatic carbocycles. The Labute approximate surface area is 72.9 Å². The van der Waals surface area contributed by atoms with Crippen LogP contribution in [0, 0.1) is 0 Å². The minimum absolute atomic E-state index is 0.866. The average molecular weight is 172 g/mol. The van der Waals surface area contributed by atoms with Gasteiger partial charge in [-0.1, -0.05) is 0 Å². The Bertz CT molecular complexity index is 157. The van der Waals surface area contributed by atoms with E-state index in [4.69, 9.17) is 5.11 Å². The van der Waals surface area contributed by atoms with Crippen LogP contribution in [0.25, 0.3) is 0 Å². The van der Waals surface area contributed by atoms with E-state index in [1.165, 1.54) is 0 Å². The molecule has 0 saturated carbocycles. The summed E-state index contributed by atoms with van der Waals surface area (Å²) in [6, 6.07) is 0. The molecule has 0 spiro atoms. The normalized spacial score (nSPS) is 10.5. The topological polar surface area (TPSA) is 52.6 Å². The van der Waals surface area contributed by atoms with Crippen molar-refractivity contribution in [1.82, 2.24) is 10.2 Å². The summed E-state index contributed by atoms with van der Waals surface area (Å²) in [5, 5.41) is 11.3. The fourth-order valence-electron chi connectivity index (χ4n) is 0.771. The van der Waals surface area contributed by atoms with Gasteiger partial charge in [0.25, 0.3) is 0 Å². The molecule has 4 nitrogen and oxygen atoms in total. The highest BCUT2D eigenvalue weighted by atomic mass is 16.4. The zero-order valence-electron chi connectivity index (χ0n) is 7.58. The summed E-state index contributed by atoms with van der Waals surface area (Å²) in [7, 11) is 3.75. The van der Waals surface area contributed by atoms with E-state index in [0.717, 1.165) is 25.6 Å². The first-order valence-electron chi connectivity index (χ1n) is 3.92. The Hall–Kier alpha value is -1.03. The van der Waals surface area contributed by atoms with Crippen molar-refractivity contribution in [1.29, 1.82) is 0 Å². The molecule has 4 heteroatoms. The average Bonchev–Trinajstić information content (AvgIpc) is 2.01. The molecule has 0 aliphatic heterocycles. The third kappa shape index (κ3) is 7.08. The molecule has 0 atom stereocenters. The van der Waals surface area contributed by atoms with Crippen molar-refractivity contribution in [3.8, 4) is 0 Å². The molecule has 0 aromatic rings. The molecule has 0 amide bonds. The molecule has 0 rings (SSSR count). The molecule has 2 N–H and O–H groups in total. The summed E-state index contributed by atoms with van der Waals surface area (Å²) in [6.45, 7) is 1.82. The summed E-state index contributed by atoms with van der Waals surface area (Å²) in [4.78, 5) is 12.0. The van der Waals surface area contributed by atoms with Crippen LogP contribution >= 0.6 is 0 Å². The zero-order chi connectivity index (χ0) is 9.40.